The second-order valence-electron chi connectivity index (χ2n) is 8.48. The van der Waals surface area contributed by atoms with Crippen molar-refractivity contribution >= 4 is 17.0 Å². The quantitative estimate of drug-likeness (QED) is 0.633. The molecule has 0 N–H and O–H groups in total. The van der Waals surface area contributed by atoms with Crippen LogP contribution in [0.15, 0.2) is 35.1 Å². The number of ether oxygens (including phenoxy) is 1. The van der Waals surface area contributed by atoms with Crippen LogP contribution in [0.2, 0.25) is 0 Å². The number of fused-ring (bicyclic) bond motifs is 1. The lowest BCUT2D eigenvalue weighted by Crippen LogP contribution is -2.42. The van der Waals surface area contributed by atoms with Crippen molar-refractivity contribution in [3.8, 4) is 0 Å². The summed E-state index contributed by atoms with van der Waals surface area (Å²) < 4.78 is 13.2. The third-order valence-electron chi connectivity index (χ3n) is 6.63. The zero-order valence-electron chi connectivity index (χ0n) is 16.9. The fourth-order valence-electron chi connectivity index (χ4n) is 4.81. The summed E-state index contributed by atoms with van der Waals surface area (Å²) in [6.45, 7) is 7.21. The van der Waals surface area contributed by atoms with Gasteiger partial charge in [-0.25, -0.2) is 4.98 Å². The monoisotopic (exact) mass is 394 g/mol. The number of aryl methyl sites for hydroxylation is 2. The number of hydrogen-bond acceptors (Lipinski definition) is 6. The Morgan fingerprint density at radius 1 is 1.21 bits per heavy atom. The molecular weight excluding hydrogens is 368 g/mol. The molecule has 2 saturated heterocycles. The van der Waals surface area contributed by atoms with Crippen LogP contribution in [-0.2, 0) is 22.6 Å². The first-order valence-corrected chi connectivity index (χ1v) is 10.3. The minimum absolute atomic E-state index is 0.0242. The Hall–Kier alpha value is -2.67. The SMILES string of the molecule is Cc1noc(C)c1CN1CCC2(CC1)CC(Cn1cnc3ccccc31)OC2=O. The number of likely N-dealkylation sites (tertiary alicyclic amines) is 1. The highest BCUT2D eigenvalue weighted by molar-refractivity contribution is 5.79. The van der Waals surface area contributed by atoms with Crippen molar-refractivity contribution in [1.29, 1.82) is 0 Å². The van der Waals surface area contributed by atoms with Crippen LogP contribution >= 0.6 is 0 Å². The number of esters is 1. The Kier molecular flexibility index (Phi) is 4.42. The molecule has 0 amide bonds. The Bertz CT molecular complexity index is 1030. The van der Waals surface area contributed by atoms with Crippen LogP contribution in [0.4, 0.5) is 0 Å². The molecular formula is C22H26N4O3. The van der Waals surface area contributed by atoms with Crippen molar-refractivity contribution in [3.63, 3.8) is 0 Å². The number of benzene rings is 1. The summed E-state index contributed by atoms with van der Waals surface area (Å²) in [5.41, 5.74) is 3.84. The number of piperidine rings is 1. The van der Waals surface area contributed by atoms with Crippen LogP contribution in [0.1, 0.15) is 36.3 Å². The molecule has 1 aromatic carbocycles. The van der Waals surface area contributed by atoms with Gasteiger partial charge in [-0.05, 0) is 51.9 Å². The van der Waals surface area contributed by atoms with Gasteiger partial charge in [0.2, 0.25) is 0 Å². The van der Waals surface area contributed by atoms with Gasteiger partial charge in [0.25, 0.3) is 0 Å². The Morgan fingerprint density at radius 3 is 2.76 bits per heavy atom. The molecule has 2 aliphatic heterocycles. The summed E-state index contributed by atoms with van der Waals surface area (Å²) in [5.74, 6) is 0.861. The van der Waals surface area contributed by atoms with E-state index in [-0.39, 0.29) is 17.5 Å². The third kappa shape index (κ3) is 3.23. The van der Waals surface area contributed by atoms with Crippen LogP contribution in [0.3, 0.4) is 0 Å². The minimum atomic E-state index is -0.337. The fraction of sp³-hybridized carbons (Fsp3) is 0.500. The molecule has 0 aliphatic carbocycles. The van der Waals surface area contributed by atoms with Crippen LogP contribution in [0, 0.1) is 19.3 Å². The predicted octanol–water partition coefficient (Wildman–Crippen LogP) is 3.24. The van der Waals surface area contributed by atoms with Crippen LogP contribution in [-0.4, -0.2) is 44.8 Å². The predicted molar refractivity (Wildman–Crippen MR) is 107 cm³/mol. The van der Waals surface area contributed by atoms with Gasteiger partial charge in [0.05, 0.1) is 35.0 Å². The van der Waals surface area contributed by atoms with E-state index in [1.54, 1.807) is 0 Å². The summed E-state index contributed by atoms with van der Waals surface area (Å²) in [6, 6.07) is 8.06. The van der Waals surface area contributed by atoms with E-state index in [1.807, 2.05) is 38.4 Å². The number of carbonyl (C=O) groups is 1. The molecule has 7 heteroatoms. The number of rotatable bonds is 4. The van der Waals surface area contributed by atoms with Crippen molar-refractivity contribution in [3.05, 3.63) is 47.6 Å². The second kappa shape index (κ2) is 6.99. The van der Waals surface area contributed by atoms with E-state index in [0.717, 1.165) is 61.4 Å². The number of imidazole rings is 1. The minimum Gasteiger partial charge on any atom is -0.460 e. The molecule has 2 aliphatic rings. The number of aromatic nitrogens is 3. The molecule has 152 valence electrons. The zero-order valence-corrected chi connectivity index (χ0v) is 16.9. The van der Waals surface area contributed by atoms with E-state index in [1.165, 1.54) is 5.56 Å². The third-order valence-corrected chi connectivity index (χ3v) is 6.63. The van der Waals surface area contributed by atoms with E-state index in [0.29, 0.717) is 6.54 Å². The lowest BCUT2D eigenvalue weighted by atomic mass is 9.76. The molecule has 4 heterocycles. The molecule has 2 fully saturated rings. The summed E-state index contributed by atoms with van der Waals surface area (Å²) in [6.07, 6.45) is 4.23. The maximum atomic E-state index is 12.8. The number of carbonyl (C=O) groups excluding carboxylic acids is 1. The normalized spacial score (nSPS) is 21.9. The fourth-order valence-corrected chi connectivity index (χ4v) is 4.81. The summed E-state index contributed by atoms with van der Waals surface area (Å²) >= 11 is 0. The molecule has 5 rings (SSSR count). The van der Waals surface area contributed by atoms with E-state index >= 15 is 0 Å². The smallest absolute Gasteiger partial charge is 0.312 e. The summed E-state index contributed by atoms with van der Waals surface area (Å²) in [5, 5.41) is 4.05. The van der Waals surface area contributed by atoms with Gasteiger partial charge < -0.3 is 13.8 Å². The summed E-state index contributed by atoms with van der Waals surface area (Å²) in [7, 11) is 0. The zero-order chi connectivity index (χ0) is 20.0. The van der Waals surface area contributed by atoms with Crippen molar-refractivity contribution in [2.45, 2.75) is 52.3 Å². The van der Waals surface area contributed by atoms with Gasteiger partial charge in [-0.15, -0.1) is 0 Å². The highest BCUT2D eigenvalue weighted by Crippen LogP contribution is 2.44. The van der Waals surface area contributed by atoms with Gasteiger partial charge in [-0.1, -0.05) is 17.3 Å². The van der Waals surface area contributed by atoms with E-state index in [2.05, 4.69) is 25.7 Å². The van der Waals surface area contributed by atoms with Crippen LogP contribution in [0.25, 0.3) is 11.0 Å². The lowest BCUT2D eigenvalue weighted by molar-refractivity contribution is -0.151. The number of nitrogens with zero attached hydrogens (tertiary/aromatic N) is 4. The molecule has 1 spiro atoms. The molecule has 29 heavy (non-hydrogen) atoms. The van der Waals surface area contributed by atoms with E-state index < -0.39 is 0 Å². The molecule has 0 radical (unpaired) electrons. The maximum Gasteiger partial charge on any atom is 0.312 e. The first-order chi connectivity index (χ1) is 14.0. The molecule has 7 nitrogen and oxygen atoms in total. The van der Waals surface area contributed by atoms with Crippen molar-refractivity contribution < 1.29 is 14.1 Å². The van der Waals surface area contributed by atoms with Crippen LogP contribution in [0.5, 0.6) is 0 Å². The average Bonchev–Trinajstić information content (AvgIpc) is 3.36. The van der Waals surface area contributed by atoms with Gasteiger partial charge in [0.1, 0.15) is 11.9 Å². The molecule has 3 aromatic rings. The van der Waals surface area contributed by atoms with E-state index in [9.17, 15) is 4.79 Å². The van der Waals surface area contributed by atoms with Gasteiger partial charge in [-0.2, -0.15) is 0 Å². The molecule has 1 atom stereocenters. The average molecular weight is 394 g/mol. The molecule has 1 unspecified atom stereocenters. The van der Waals surface area contributed by atoms with Gasteiger partial charge >= 0.3 is 5.97 Å². The standard InChI is InChI=1S/C22H26N4O3/c1-15-18(16(2)29-24-15)13-25-9-7-22(8-10-25)11-17(28-21(22)27)12-26-14-23-19-5-3-4-6-20(19)26/h3-6,14,17H,7-13H2,1-2H3. The van der Waals surface area contributed by atoms with Gasteiger partial charge in [-0.3, -0.25) is 9.69 Å². The summed E-state index contributed by atoms with van der Waals surface area (Å²) in [4.78, 5) is 19.6. The molecule has 2 aromatic heterocycles. The van der Waals surface area contributed by atoms with E-state index in [4.69, 9.17) is 9.26 Å². The van der Waals surface area contributed by atoms with Crippen LogP contribution < -0.4 is 0 Å². The Morgan fingerprint density at radius 2 is 2.00 bits per heavy atom. The first kappa shape index (κ1) is 18.4. The second-order valence-corrected chi connectivity index (χ2v) is 8.48. The molecule has 0 bridgehead atoms. The lowest BCUT2D eigenvalue weighted by Gasteiger charge is -2.36. The Labute approximate surface area is 169 Å². The van der Waals surface area contributed by atoms with Gasteiger partial charge in [0.15, 0.2) is 0 Å². The largest absolute Gasteiger partial charge is 0.460 e. The first-order valence-electron chi connectivity index (χ1n) is 10.3. The number of para-hydroxylation sites is 2. The highest BCUT2D eigenvalue weighted by atomic mass is 16.6. The van der Waals surface area contributed by atoms with Crippen molar-refractivity contribution in [1.82, 2.24) is 19.6 Å². The number of cyclic esters (lactones) is 1. The maximum absolute atomic E-state index is 12.8. The van der Waals surface area contributed by atoms with Crippen molar-refractivity contribution in [2.75, 3.05) is 13.1 Å². The van der Waals surface area contributed by atoms with Crippen molar-refractivity contribution in [2.24, 2.45) is 5.41 Å². The highest BCUT2D eigenvalue weighted by Gasteiger charge is 2.50. The Balaban J connectivity index is 1.24. The molecule has 0 saturated carbocycles. The topological polar surface area (TPSA) is 73.4 Å². The van der Waals surface area contributed by atoms with Gasteiger partial charge in [0, 0.05) is 18.5 Å². The number of hydrogen-bond donors (Lipinski definition) is 0.